The Morgan fingerprint density at radius 2 is 1.75 bits per heavy atom. The van der Waals surface area contributed by atoms with Gasteiger partial charge in [0.2, 0.25) is 0 Å². The van der Waals surface area contributed by atoms with Crippen LogP contribution < -0.4 is 5.32 Å². The number of carbonyl (C=O) groups is 2. The fourth-order valence-corrected chi connectivity index (χ4v) is 4.04. The maximum absolute atomic E-state index is 12.9. The van der Waals surface area contributed by atoms with Crippen LogP contribution in [-0.4, -0.2) is 55.2 Å². The topological polar surface area (TPSA) is 94.1 Å². The van der Waals surface area contributed by atoms with Gasteiger partial charge >= 0.3 is 12.1 Å². The quantitative estimate of drug-likeness (QED) is 0.287. The number of aliphatic hydroxyl groups is 1. The van der Waals surface area contributed by atoms with Gasteiger partial charge in [-0.1, -0.05) is 48.0 Å². The second-order valence-corrected chi connectivity index (χ2v) is 10.5. The van der Waals surface area contributed by atoms with Crippen molar-refractivity contribution < 1.29 is 28.9 Å². The van der Waals surface area contributed by atoms with E-state index in [9.17, 15) is 9.59 Å². The molecular formula is C28H38ClNO6. The van der Waals surface area contributed by atoms with Crippen molar-refractivity contribution in [1.82, 2.24) is 5.32 Å². The van der Waals surface area contributed by atoms with Gasteiger partial charge in [0.1, 0.15) is 5.60 Å². The Morgan fingerprint density at radius 1 is 1.06 bits per heavy atom. The number of halogens is 1. The van der Waals surface area contributed by atoms with Crippen molar-refractivity contribution in [2.75, 3.05) is 26.4 Å². The largest absolute Gasteiger partial charge is 0.466 e. The number of esters is 1. The number of nitrogens with one attached hydrogen (secondary N) is 1. The van der Waals surface area contributed by atoms with E-state index in [1.807, 2.05) is 48.5 Å². The first-order valence-electron chi connectivity index (χ1n) is 12.2. The lowest BCUT2D eigenvalue weighted by atomic mass is 9.82. The molecule has 2 aromatic rings. The van der Waals surface area contributed by atoms with E-state index in [0.717, 1.165) is 16.7 Å². The lowest BCUT2D eigenvalue weighted by molar-refractivity contribution is -0.159. The van der Waals surface area contributed by atoms with Crippen molar-refractivity contribution in [2.24, 2.45) is 5.41 Å². The molecule has 2 aromatic carbocycles. The van der Waals surface area contributed by atoms with Crippen LogP contribution in [0.25, 0.3) is 11.1 Å². The second kappa shape index (κ2) is 13.6. The molecule has 0 heterocycles. The molecule has 7 nitrogen and oxygen atoms in total. The van der Waals surface area contributed by atoms with E-state index in [2.05, 4.69) is 5.32 Å². The Bertz CT molecular complexity index is 988. The van der Waals surface area contributed by atoms with Crippen LogP contribution in [0.1, 0.15) is 46.6 Å². The highest BCUT2D eigenvalue weighted by molar-refractivity contribution is 6.30. The van der Waals surface area contributed by atoms with Crippen LogP contribution in [0.2, 0.25) is 5.02 Å². The molecule has 0 aliphatic carbocycles. The molecule has 2 atom stereocenters. The molecular weight excluding hydrogens is 482 g/mol. The van der Waals surface area contributed by atoms with E-state index < -0.39 is 29.1 Å². The predicted molar refractivity (Wildman–Crippen MR) is 141 cm³/mol. The van der Waals surface area contributed by atoms with E-state index >= 15 is 0 Å². The number of benzene rings is 2. The van der Waals surface area contributed by atoms with Crippen molar-refractivity contribution in [3.05, 3.63) is 59.1 Å². The van der Waals surface area contributed by atoms with Gasteiger partial charge in [-0.2, -0.15) is 0 Å². The van der Waals surface area contributed by atoms with Crippen molar-refractivity contribution in [3.63, 3.8) is 0 Å². The zero-order chi connectivity index (χ0) is 26.8. The van der Waals surface area contributed by atoms with Crippen LogP contribution in [0.5, 0.6) is 0 Å². The molecule has 1 unspecified atom stereocenters. The van der Waals surface area contributed by atoms with Gasteiger partial charge in [0.05, 0.1) is 31.8 Å². The number of carbonyl (C=O) groups excluding carboxylic acids is 2. The number of amides is 1. The lowest BCUT2D eigenvalue weighted by Crippen LogP contribution is -2.46. The molecule has 8 heteroatoms. The van der Waals surface area contributed by atoms with Crippen LogP contribution in [-0.2, 0) is 25.4 Å². The monoisotopic (exact) mass is 519 g/mol. The van der Waals surface area contributed by atoms with E-state index in [1.54, 1.807) is 34.6 Å². The summed E-state index contributed by atoms with van der Waals surface area (Å²) in [5, 5.41) is 12.7. The third-order valence-corrected chi connectivity index (χ3v) is 5.67. The molecule has 0 saturated carbocycles. The number of aliphatic hydroxyl groups excluding tert-OH is 1. The van der Waals surface area contributed by atoms with Gasteiger partial charge in [0, 0.05) is 11.1 Å². The summed E-state index contributed by atoms with van der Waals surface area (Å²) in [5.41, 5.74) is 1.30. The maximum atomic E-state index is 12.9. The summed E-state index contributed by atoms with van der Waals surface area (Å²) in [6.07, 6.45) is 0.155. The Balaban J connectivity index is 2.27. The first-order chi connectivity index (χ1) is 17.0. The summed E-state index contributed by atoms with van der Waals surface area (Å²) >= 11 is 6.13. The Labute approximate surface area is 219 Å². The third-order valence-electron chi connectivity index (χ3n) is 5.44. The van der Waals surface area contributed by atoms with Crippen molar-refractivity contribution in [2.45, 2.75) is 59.1 Å². The van der Waals surface area contributed by atoms with Crippen molar-refractivity contribution in [3.8, 4) is 11.1 Å². The first-order valence-corrected chi connectivity index (χ1v) is 12.5. The number of hydrogen-bond acceptors (Lipinski definition) is 6. The molecule has 1 amide bonds. The van der Waals surface area contributed by atoms with Gasteiger partial charge in [0.15, 0.2) is 0 Å². The number of ether oxygens (including phenoxy) is 3. The average molecular weight is 520 g/mol. The highest BCUT2D eigenvalue weighted by Crippen LogP contribution is 2.29. The van der Waals surface area contributed by atoms with Crippen LogP contribution >= 0.6 is 11.6 Å². The van der Waals surface area contributed by atoms with E-state index in [1.165, 1.54) is 0 Å². The molecule has 0 aliphatic rings. The molecule has 198 valence electrons. The Morgan fingerprint density at radius 3 is 2.33 bits per heavy atom. The summed E-state index contributed by atoms with van der Waals surface area (Å²) in [4.78, 5) is 25.5. The summed E-state index contributed by atoms with van der Waals surface area (Å²) in [6.45, 7) is 9.09. The fraction of sp³-hybridized carbons (Fsp3) is 0.500. The Hall–Kier alpha value is -2.61. The van der Waals surface area contributed by atoms with Crippen molar-refractivity contribution >= 4 is 23.7 Å². The molecule has 0 spiro atoms. The maximum Gasteiger partial charge on any atom is 0.407 e. The first kappa shape index (κ1) is 29.6. The number of hydrogen-bond donors (Lipinski definition) is 2. The minimum absolute atomic E-state index is 0.0482. The number of rotatable bonds is 12. The highest BCUT2D eigenvalue weighted by Gasteiger charge is 2.38. The van der Waals surface area contributed by atoms with Gasteiger partial charge in [-0.25, -0.2) is 4.79 Å². The lowest BCUT2D eigenvalue weighted by Gasteiger charge is -2.32. The molecule has 0 fully saturated rings. The van der Waals surface area contributed by atoms with Crippen LogP contribution in [0, 0.1) is 5.41 Å². The second-order valence-electron chi connectivity index (χ2n) is 10.0. The summed E-state index contributed by atoms with van der Waals surface area (Å²) in [7, 11) is 0. The summed E-state index contributed by atoms with van der Waals surface area (Å²) < 4.78 is 16.3. The van der Waals surface area contributed by atoms with E-state index in [0.29, 0.717) is 11.4 Å². The molecule has 0 radical (unpaired) electrons. The summed E-state index contributed by atoms with van der Waals surface area (Å²) in [5.74, 6) is -0.421. The van der Waals surface area contributed by atoms with Gasteiger partial charge in [0.25, 0.3) is 0 Å². The predicted octanol–water partition coefficient (Wildman–Crippen LogP) is 5.41. The molecule has 2 rings (SSSR count). The zero-order valence-electron chi connectivity index (χ0n) is 21.8. The molecule has 0 aliphatic heterocycles. The van der Waals surface area contributed by atoms with E-state index in [-0.39, 0.29) is 32.8 Å². The van der Waals surface area contributed by atoms with Gasteiger partial charge < -0.3 is 24.6 Å². The van der Waals surface area contributed by atoms with Crippen molar-refractivity contribution in [1.29, 1.82) is 0 Å². The Kier molecular flexibility index (Phi) is 11.2. The molecule has 0 aromatic heterocycles. The van der Waals surface area contributed by atoms with Gasteiger partial charge in [-0.3, -0.25) is 4.79 Å². The fourth-order valence-electron chi connectivity index (χ4n) is 3.85. The minimum atomic E-state index is -1.04. The SMILES string of the molecule is CCOC(=O)C(C)(COCCO)C[C@@H](Cc1ccc(-c2cccc(Cl)c2)cc1)NC(=O)OC(C)(C)C. The van der Waals surface area contributed by atoms with Gasteiger partial charge in [-0.15, -0.1) is 0 Å². The average Bonchev–Trinajstić information content (AvgIpc) is 2.78. The standard InChI is InChI=1S/C28H38ClNO6/c1-6-35-25(32)28(5,19-34-15-14-31)18-24(30-26(33)36-27(2,3)4)16-20-10-12-21(13-11-20)22-8-7-9-23(29)17-22/h7-13,17,24,31H,6,14-16,18-19H2,1-5H3,(H,30,33)/t24-,28?/m1/s1. The molecule has 0 bridgehead atoms. The van der Waals surface area contributed by atoms with Crippen LogP contribution in [0.4, 0.5) is 4.79 Å². The third kappa shape index (κ3) is 9.80. The van der Waals surface area contributed by atoms with E-state index in [4.69, 9.17) is 30.9 Å². The molecule has 2 N–H and O–H groups in total. The molecule has 0 saturated heterocycles. The smallest absolute Gasteiger partial charge is 0.407 e. The van der Waals surface area contributed by atoms with Gasteiger partial charge in [-0.05, 0) is 76.3 Å². The molecule has 36 heavy (non-hydrogen) atoms. The minimum Gasteiger partial charge on any atom is -0.466 e. The van der Waals surface area contributed by atoms with Crippen LogP contribution in [0.15, 0.2) is 48.5 Å². The normalized spacial score (nSPS) is 14.0. The highest BCUT2D eigenvalue weighted by atomic mass is 35.5. The number of alkyl carbamates (subject to hydrolysis) is 1. The zero-order valence-corrected chi connectivity index (χ0v) is 22.6. The van der Waals surface area contributed by atoms with Crippen LogP contribution in [0.3, 0.4) is 0 Å². The summed E-state index contributed by atoms with van der Waals surface area (Å²) in [6, 6.07) is 15.2.